The molecule has 30 heavy (non-hydrogen) atoms. The van der Waals surface area contributed by atoms with Crippen molar-refractivity contribution in [1.29, 1.82) is 0 Å². The molecular weight excluding hydrogens is 387 g/mol. The van der Waals surface area contributed by atoms with E-state index in [-0.39, 0.29) is 17.2 Å². The smallest absolute Gasteiger partial charge is 0.382 e. The number of nitrogens with zero attached hydrogens (tertiary/aromatic N) is 2. The Morgan fingerprint density at radius 3 is 2.30 bits per heavy atom. The van der Waals surface area contributed by atoms with Gasteiger partial charge in [0.05, 0.1) is 11.3 Å². The quantitative estimate of drug-likeness (QED) is 0.455. The van der Waals surface area contributed by atoms with Gasteiger partial charge in [0.15, 0.2) is 0 Å². The number of rotatable bonds is 10. The second-order valence-electron chi connectivity index (χ2n) is 8.99. The Hall–Kier alpha value is -1.82. The van der Waals surface area contributed by atoms with Gasteiger partial charge in [0.25, 0.3) is 0 Å². The molecule has 0 radical (unpaired) electrons. The highest BCUT2D eigenvalue weighted by Gasteiger charge is 2.39. The summed E-state index contributed by atoms with van der Waals surface area (Å²) in [5.74, 6) is 0.209. The Morgan fingerprint density at radius 2 is 1.80 bits per heavy atom. The SMILES string of the molecule is C=C(/N=C1/C(C(F)(F)F)=CC=C/C1=C(/C)NC(C)(C)CN(CCC)CCC)C1CC1. The van der Waals surface area contributed by atoms with Crippen LogP contribution in [0.2, 0.25) is 0 Å². The van der Waals surface area contributed by atoms with E-state index in [9.17, 15) is 13.2 Å². The van der Waals surface area contributed by atoms with Crippen LogP contribution in [0.5, 0.6) is 0 Å². The maximum Gasteiger partial charge on any atom is 0.418 e. The number of halogens is 3. The predicted octanol–water partition coefficient (Wildman–Crippen LogP) is 6.17. The third-order valence-electron chi connectivity index (χ3n) is 5.27. The summed E-state index contributed by atoms with van der Waals surface area (Å²) in [4.78, 5) is 6.77. The lowest BCUT2D eigenvalue weighted by Gasteiger charge is -2.35. The summed E-state index contributed by atoms with van der Waals surface area (Å²) >= 11 is 0. The predicted molar refractivity (Wildman–Crippen MR) is 120 cm³/mol. The summed E-state index contributed by atoms with van der Waals surface area (Å²) in [5, 5.41) is 3.47. The van der Waals surface area contributed by atoms with Crippen molar-refractivity contribution in [2.75, 3.05) is 19.6 Å². The summed E-state index contributed by atoms with van der Waals surface area (Å²) in [6.07, 6.45) is 3.84. The van der Waals surface area contributed by atoms with Crippen LogP contribution in [0.25, 0.3) is 0 Å². The van der Waals surface area contributed by atoms with Crippen molar-refractivity contribution in [3.63, 3.8) is 0 Å². The van der Waals surface area contributed by atoms with E-state index in [2.05, 4.69) is 49.5 Å². The molecule has 0 heterocycles. The fourth-order valence-electron chi connectivity index (χ4n) is 3.92. The van der Waals surface area contributed by atoms with Crippen molar-refractivity contribution < 1.29 is 13.2 Å². The Kier molecular flexibility index (Phi) is 8.14. The number of nitrogens with one attached hydrogen (secondary N) is 1. The molecule has 168 valence electrons. The molecule has 6 heteroatoms. The molecule has 0 spiro atoms. The van der Waals surface area contributed by atoms with Crippen LogP contribution in [0.15, 0.2) is 52.3 Å². The number of alkyl halides is 3. The average Bonchev–Trinajstić information content (AvgIpc) is 3.45. The second-order valence-corrected chi connectivity index (χ2v) is 8.99. The van der Waals surface area contributed by atoms with Gasteiger partial charge in [-0.1, -0.05) is 32.6 Å². The minimum absolute atomic E-state index is 0.0262. The minimum Gasteiger partial charge on any atom is -0.382 e. The maximum absolute atomic E-state index is 13.7. The number of allylic oxidation sites excluding steroid dienone is 7. The number of aliphatic imine (C=N–C) groups is 1. The van der Waals surface area contributed by atoms with E-state index in [0.29, 0.717) is 17.0 Å². The van der Waals surface area contributed by atoms with Gasteiger partial charge in [0.1, 0.15) is 0 Å². The van der Waals surface area contributed by atoms with Crippen LogP contribution >= 0.6 is 0 Å². The van der Waals surface area contributed by atoms with Gasteiger partial charge >= 0.3 is 6.18 Å². The Labute approximate surface area is 179 Å². The third kappa shape index (κ3) is 6.86. The molecule has 0 atom stereocenters. The fourth-order valence-corrected chi connectivity index (χ4v) is 3.92. The topological polar surface area (TPSA) is 27.6 Å². The van der Waals surface area contributed by atoms with Gasteiger partial charge in [0.2, 0.25) is 0 Å². The highest BCUT2D eigenvalue weighted by molar-refractivity contribution is 6.16. The molecule has 1 N–H and O–H groups in total. The first-order valence-corrected chi connectivity index (χ1v) is 10.9. The van der Waals surface area contributed by atoms with Crippen LogP contribution in [0.3, 0.4) is 0 Å². The largest absolute Gasteiger partial charge is 0.418 e. The lowest BCUT2D eigenvalue weighted by atomic mass is 9.93. The molecule has 1 saturated carbocycles. The average molecular weight is 424 g/mol. The van der Waals surface area contributed by atoms with E-state index in [4.69, 9.17) is 0 Å². The van der Waals surface area contributed by atoms with E-state index in [1.807, 2.05) is 6.92 Å². The van der Waals surface area contributed by atoms with Crippen molar-refractivity contribution in [1.82, 2.24) is 10.2 Å². The molecule has 0 aromatic carbocycles. The van der Waals surface area contributed by atoms with Crippen molar-refractivity contribution in [2.24, 2.45) is 10.9 Å². The molecule has 2 aliphatic rings. The van der Waals surface area contributed by atoms with Crippen LogP contribution < -0.4 is 5.32 Å². The van der Waals surface area contributed by atoms with E-state index < -0.39 is 11.7 Å². The standard InChI is InChI=1S/C24H36F3N3/c1-7-14-30(15-8-2)16-23(5,6)29-18(4)20-10-9-11-21(24(25,26)27)22(20)28-17(3)19-12-13-19/h9-11,19,29H,3,7-8,12-16H2,1-2,4-6H3/b20-18+,28-22+. The fraction of sp³-hybridized carbons (Fsp3) is 0.625. The first kappa shape index (κ1) is 24.4. The van der Waals surface area contributed by atoms with Gasteiger partial charge in [-0.25, -0.2) is 0 Å². The molecule has 2 aliphatic carbocycles. The summed E-state index contributed by atoms with van der Waals surface area (Å²) < 4.78 is 41.1. The van der Waals surface area contributed by atoms with E-state index in [1.54, 1.807) is 6.08 Å². The maximum atomic E-state index is 13.7. The van der Waals surface area contributed by atoms with Gasteiger partial charge < -0.3 is 10.2 Å². The first-order chi connectivity index (χ1) is 14.0. The summed E-state index contributed by atoms with van der Waals surface area (Å²) in [7, 11) is 0. The van der Waals surface area contributed by atoms with Crippen LogP contribution in [-0.4, -0.2) is 42.0 Å². The van der Waals surface area contributed by atoms with E-state index in [1.165, 1.54) is 6.08 Å². The molecule has 3 nitrogen and oxygen atoms in total. The molecule has 0 amide bonds. The van der Waals surface area contributed by atoms with Gasteiger partial charge in [0, 0.05) is 35.0 Å². The third-order valence-corrected chi connectivity index (χ3v) is 5.27. The van der Waals surface area contributed by atoms with Gasteiger partial charge in [-0.2, -0.15) is 13.2 Å². The van der Waals surface area contributed by atoms with E-state index >= 15 is 0 Å². The normalized spacial score (nSPS) is 20.6. The Bertz CT molecular complexity index is 744. The van der Waals surface area contributed by atoms with Crippen molar-refractivity contribution in [3.8, 4) is 0 Å². The Balaban J connectivity index is 2.33. The summed E-state index contributed by atoms with van der Waals surface area (Å²) in [6, 6.07) is 0. The molecule has 0 aromatic rings. The lowest BCUT2D eigenvalue weighted by molar-refractivity contribution is -0.0860. The van der Waals surface area contributed by atoms with Crippen molar-refractivity contribution >= 4 is 5.71 Å². The molecule has 2 rings (SSSR count). The highest BCUT2D eigenvalue weighted by Crippen LogP contribution is 2.39. The first-order valence-electron chi connectivity index (χ1n) is 10.9. The van der Waals surface area contributed by atoms with Crippen LogP contribution in [0.4, 0.5) is 13.2 Å². The molecule has 0 bridgehead atoms. The monoisotopic (exact) mass is 423 g/mol. The minimum atomic E-state index is -4.46. The summed E-state index contributed by atoms with van der Waals surface area (Å²) in [6.45, 7) is 17.1. The number of hydrogen-bond donors (Lipinski definition) is 1. The Morgan fingerprint density at radius 1 is 1.20 bits per heavy atom. The van der Waals surface area contributed by atoms with Crippen molar-refractivity contribution in [2.45, 2.75) is 72.0 Å². The van der Waals surface area contributed by atoms with Crippen LogP contribution in [0.1, 0.15) is 60.3 Å². The highest BCUT2D eigenvalue weighted by atomic mass is 19.4. The molecule has 0 unspecified atom stereocenters. The zero-order chi connectivity index (χ0) is 22.5. The zero-order valence-electron chi connectivity index (χ0n) is 19.0. The van der Waals surface area contributed by atoms with E-state index in [0.717, 1.165) is 51.4 Å². The summed E-state index contributed by atoms with van der Waals surface area (Å²) in [5.41, 5.74) is 0.685. The molecule has 0 aliphatic heterocycles. The van der Waals surface area contributed by atoms with Crippen molar-refractivity contribution in [3.05, 3.63) is 47.3 Å². The van der Waals surface area contributed by atoms with Gasteiger partial charge in [-0.3, -0.25) is 4.99 Å². The van der Waals surface area contributed by atoms with Crippen LogP contribution in [0, 0.1) is 5.92 Å². The molecule has 0 aromatic heterocycles. The lowest BCUT2D eigenvalue weighted by Crippen LogP contribution is -2.49. The number of hydrogen-bond acceptors (Lipinski definition) is 3. The zero-order valence-corrected chi connectivity index (χ0v) is 19.0. The van der Waals surface area contributed by atoms with Crippen LogP contribution in [-0.2, 0) is 0 Å². The van der Waals surface area contributed by atoms with Gasteiger partial charge in [-0.15, -0.1) is 0 Å². The molecule has 1 fully saturated rings. The molecular formula is C24H36F3N3. The second kappa shape index (κ2) is 9.99. The van der Waals surface area contributed by atoms with Gasteiger partial charge in [-0.05, 0) is 65.6 Å². The molecule has 0 saturated heterocycles.